The van der Waals surface area contributed by atoms with Gasteiger partial charge in [0.2, 0.25) is 0 Å². The lowest BCUT2D eigenvalue weighted by Crippen LogP contribution is -2.15. The predicted octanol–water partition coefficient (Wildman–Crippen LogP) is 2.90. The Morgan fingerprint density at radius 2 is 1.67 bits per heavy atom. The summed E-state index contributed by atoms with van der Waals surface area (Å²) in [5.74, 6) is 0. The molecule has 0 saturated carbocycles. The molecule has 2 nitrogen and oxygen atoms in total. The van der Waals surface area contributed by atoms with E-state index in [0.29, 0.717) is 5.04 Å². The topological polar surface area (TPSA) is 18.5 Å². The van der Waals surface area contributed by atoms with Gasteiger partial charge in [-0.05, 0) is 11.5 Å². The smallest absolute Gasteiger partial charge is 0.166 e. The number of hydrogen-bond acceptors (Lipinski definition) is 2. The van der Waals surface area contributed by atoms with Crippen LogP contribution in [0.3, 0.4) is 0 Å². The molecule has 0 aromatic heterocycles. The summed E-state index contributed by atoms with van der Waals surface area (Å²) in [4.78, 5) is 0. The zero-order valence-corrected chi connectivity index (χ0v) is 12.4. The molecule has 0 aromatic rings. The van der Waals surface area contributed by atoms with Crippen LogP contribution in [0.2, 0.25) is 5.04 Å². The summed E-state index contributed by atoms with van der Waals surface area (Å²) in [5, 5.41) is 0.404. The first kappa shape index (κ1) is 15.1. The van der Waals surface area contributed by atoms with Gasteiger partial charge in [0, 0.05) is 6.61 Å². The van der Waals surface area contributed by atoms with Crippen molar-refractivity contribution in [1.29, 1.82) is 0 Å². The SMILES string of the molecule is CCCCCCOCCO[SiH2]C(C)(C)C. The van der Waals surface area contributed by atoms with Crippen LogP contribution in [0.4, 0.5) is 0 Å². The lowest BCUT2D eigenvalue weighted by molar-refractivity contribution is 0.0973. The van der Waals surface area contributed by atoms with E-state index in [1.54, 1.807) is 0 Å². The highest BCUT2D eigenvalue weighted by Crippen LogP contribution is 2.19. The van der Waals surface area contributed by atoms with Gasteiger partial charge in [-0.15, -0.1) is 0 Å². The van der Waals surface area contributed by atoms with Crippen LogP contribution in [-0.2, 0) is 9.16 Å². The Balaban J connectivity index is 2.99. The van der Waals surface area contributed by atoms with Gasteiger partial charge in [-0.2, -0.15) is 0 Å². The first-order valence-electron chi connectivity index (χ1n) is 6.22. The zero-order valence-electron chi connectivity index (χ0n) is 11.0. The third kappa shape index (κ3) is 14.1. The van der Waals surface area contributed by atoms with Crippen molar-refractivity contribution in [3.63, 3.8) is 0 Å². The second-order valence-corrected chi connectivity index (χ2v) is 8.10. The van der Waals surface area contributed by atoms with Crippen LogP contribution in [0, 0.1) is 0 Å². The quantitative estimate of drug-likeness (QED) is 0.449. The fourth-order valence-corrected chi connectivity index (χ4v) is 2.10. The molecule has 0 fully saturated rings. The standard InChI is InChI=1S/C12H28O2Si/c1-5-6-7-8-9-13-10-11-14-15-12(2,3)4/h5-11,15H2,1-4H3. The van der Waals surface area contributed by atoms with Crippen molar-refractivity contribution < 1.29 is 9.16 Å². The normalized spacial score (nSPS) is 12.8. The van der Waals surface area contributed by atoms with Crippen LogP contribution in [0.25, 0.3) is 0 Å². The van der Waals surface area contributed by atoms with Crippen molar-refractivity contribution in [3.8, 4) is 0 Å². The first-order valence-corrected chi connectivity index (χ1v) is 7.50. The van der Waals surface area contributed by atoms with Gasteiger partial charge in [0.15, 0.2) is 9.76 Å². The fourth-order valence-electron chi connectivity index (χ4n) is 1.23. The van der Waals surface area contributed by atoms with E-state index in [1.165, 1.54) is 25.7 Å². The molecule has 0 atom stereocenters. The highest BCUT2D eigenvalue weighted by molar-refractivity contribution is 6.31. The van der Waals surface area contributed by atoms with E-state index in [9.17, 15) is 0 Å². The van der Waals surface area contributed by atoms with Gasteiger partial charge < -0.3 is 9.16 Å². The van der Waals surface area contributed by atoms with Gasteiger partial charge in [0.05, 0.1) is 13.2 Å². The van der Waals surface area contributed by atoms with Crippen LogP contribution in [0.5, 0.6) is 0 Å². The molecule has 0 aliphatic rings. The highest BCUT2D eigenvalue weighted by Gasteiger charge is 2.10. The van der Waals surface area contributed by atoms with Gasteiger partial charge in [-0.1, -0.05) is 47.0 Å². The van der Waals surface area contributed by atoms with Crippen LogP contribution in [0.1, 0.15) is 53.4 Å². The Morgan fingerprint density at radius 3 is 2.27 bits per heavy atom. The van der Waals surface area contributed by atoms with Gasteiger partial charge >= 0.3 is 0 Å². The van der Waals surface area contributed by atoms with Crippen molar-refractivity contribution in [2.75, 3.05) is 19.8 Å². The molecule has 0 N–H and O–H groups in total. The van der Waals surface area contributed by atoms with Gasteiger partial charge in [-0.25, -0.2) is 0 Å². The minimum atomic E-state index is -0.378. The average molecular weight is 232 g/mol. The van der Waals surface area contributed by atoms with E-state index < -0.39 is 0 Å². The Bertz CT molecular complexity index is 132. The second-order valence-electron chi connectivity index (χ2n) is 5.29. The van der Waals surface area contributed by atoms with E-state index in [1.807, 2.05) is 0 Å². The summed E-state index contributed by atoms with van der Waals surface area (Å²) in [5.41, 5.74) is 0. The van der Waals surface area contributed by atoms with Crippen molar-refractivity contribution in [2.45, 2.75) is 58.4 Å². The molecule has 3 heteroatoms. The van der Waals surface area contributed by atoms with Crippen molar-refractivity contribution in [3.05, 3.63) is 0 Å². The summed E-state index contributed by atoms with van der Waals surface area (Å²) in [7, 11) is -0.378. The van der Waals surface area contributed by atoms with Gasteiger partial charge in [-0.3, -0.25) is 0 Å². The van der Waals surface area contributed by atoms with Crippen molar-refractivity contribution >= 4 is 9.76 Å². The molecular formula is C12H28O2Si. The maximum atomic E-state index is 5.64. The maximum Gasteiger partial charge on any atom is 0.166 e. The Kier molecular flexibility index (Phi) is 9.45. The minimum Gasteiger partial charge on any atom is -0.421 e. The summed E-state index contributed by atoms with van der Waals surface area (Å²) in [6.45, 7) is 11.4. The molecule has 0 aliphatic carbocycles. The number of unbranched alkanes of at least 4 members (excludes halogenated alkanes) is 3. The molecule has 0 aromatic carbocycles. The first-order chi connectivity index (χ1) is 7.06. The van der Waals surface area contributed by atoms with Gasteiger partial charge in [0.1, 0.15) is 0 Å². The number of ether oxygens (including phenoxy) is 1. The monoisotopic (exact) mass is 232 g/mol. The Labute approximate surface area is 97.7 Å². The highest BCUT2D eigenvalue weighted by atomic mass is 28.2. The van der Waals surface area contributed by atoms with E-state index in [-0.39, 0.29) is 9.76 Å². The van der Waals surface area contributed by atoms with Gasteiger partial charge in [0.25, 0.3) is 0 Å². The van der Waals surface area contributed by atoms with E-state index in [4.69, 9.17) is 9.16 Å². The summed E-state index contributed by atoms with van der Waals surface area (Å²) in [6.07, 6.45) is 5.12. The van der Waals surface area contributed by atoms with Crippen LogP contribution < -0.4 is 0 Å². The van der Waals surface area contributed by atoms with E-state index in [2.05, 4.69) is 27.7 Å². The summed E-state index contributed by atoms with van der Waals surface area (Å²) < 4.78 is 11.1. The van der Waals surface area contributed by atoms with Crippen LogP contribution in [0.15, 0.2) is 0 Å². The molecule has 0 heterocycles. The summed E-state index contributed by atoms with van der Waals surface area (Å²) >= 11 is 0. The molecule has 92 valence electrons. The molecule has 0 amide bonds. The molecule has 0 spiro atoms. The maximum absolute atomic E-state index is 5.64. The second kappa shape index (κ2) is 9.37. The molecule has 0 saturated heterocycles. The Morgan fingerprint density at radius 1 is 0.933 bits per heavy atom. The lowest BCUT2D eigenvalue weighted by atomic mass is 10.2. The zero-order chi connectivity index (χ0) is 11.6. The number of hydrogen-bond donors (Lipinski definition) is 0. The fraction of sp³-hybridized carbons (Fsp3) is 1.00. The van der Waals surface area contributed by atoms with Crippen LogP contribution in [-0.4, -0.2) is 29.6 Å². The van der Waals surface area contributed by atoms with E-state index in [0.717, 1.165) is 19.8 Å². The van der Waals surface area contributed by atoms with Crippen molar-refractivity contribution in [1.82, 2.24) is 0 Å². The summed E-state index contributed by atoms with van der Waals surface area (Å²) in [6, 6.07) is 0. The molecule has 15 heavy (non-hydrogen) atoms. The molecule has 0 radical (unpaired) electrons. The average Bonchev–Trinajstić information content (AvgIpc) is 2.14. The molecule has 0 bridgehead atoms. The third-order valence-electron chi connectivity index (χ3n) is 2.05. The molecular weight excluding hydrogens is 204 g/mol. The molecule has 0 unspecified atom stereocenters. The predicted molar refractivity (Wildman–Crippen MR) is 69.2 cm³/mol. The lowest BCUT2D eigenvalue weighted by Gasteiger charge is -2.16. The third-order valence-corrected chi connectivity index (χ3v) is 3.41. The van der Waals surface area contributed by atoms with Crippen molar-refractivity contribution in [2.24, 2.45) is 0 Å². The molecule has 0 rings (SSSR count). The molecule has 0 aliphatic heterocycles. The largest absolute Gasteiger partial charge is 0.421 e. The minimum absolute atomic E-state index is 0.378. The number of rotatable bonds is 9. The van der Waals surface area contributed by atoms with E-state index >= 15 is 0 Å². The Hall–Kier alpha value is 0.137. The van der Waals surface area contributed by atoms with Crippen LogP contribution >= 0.6 is 0 Å².